The van der Waals surface area contributed by atoms with Crippen molar-refractivity contribution in [3.05, 3.63) is 29.8 Å². The summed E-state index contributed by atoms with van der Waals surface area (Å²) in [6.45, 7) is 4.53. The monoisotopic (exact) mass is 347 g/mol. The fourth-order valence-corrected chi connectivity index (χ4v) is 4.52. The molecular weight excluding hydrogens is 322 g/mol. The van der Waals surface area contributed by atoms with Gasteiger partial charge in [-0.3, -0.25) is 9.59 Å². The largest absolute Gasteiger partial charge is 0.371 e. The number of nitrogens with one attached hydrogen (secondary N) is 1. The van der Waals surface area contributed by atoms with Crippen LogP contribution in [0.2, 0.25) is 0 Å². The summed E-state index contributed by atoms with van der Waals surface area (Å²) in [6, 6.07) is 7.94. The van der Waals surface area contributed by atoms with Crippen LogP contribution < -0.4 is 10.2 Å². The Hall–Kier alpha value is -1.69. The predicted octanol–water partition coefficient (Wildman–Crippen LogP) is 2.21. The highest BCUT2D eigenvalue weighted by Gasteiger charge is 2.33. The van der Waals surface area contributed by atoms with Gasteiger partial charge in [-0.15, -0.1) is 11.8 Å². The molecule has 2 amide bonds. The van der Waals surface area contributed by atoms with Crippen molar-refractivity contribution in [2.45, 2.75) is 38.8 Å². The maximum absolute atomic E-state index is 12.6. The predicted molar refractivity (Wildman–Crippen MR) is 98.0 cm³/mol. The summed E-state index contributed by atoms with van der Waals surface area (Å²) in [6.07, 6.45) is 2.91. The molecule has 0 radical (unpaired) electrons. The smallest absolute Gasteiger partial charge is 0.243 e. The molecule has 130 valence electrons. The van der Waals surface area contributed by atoms with Crippen molar-refractivity contribution in [3.8, 4) is 0 Å². The molecule has 0 aliphatic carbocycles. The van der Waals surface area contributed by atoms with Crippen molar-refractivity contribution in [1.29, 1.82) is 0 Å². The molecule has 2 aliphatic rings. The number of hydrogen-bond acceptors (Lipinski definition) is 4. The number of nitrogens with zero attached hydrogens (tertiary/aromatic N) is 2. The molecule has 1 atom stereocenters. The number of benzene rings is 1. The first kappa shape index (κ1) is 17.1. The lowest BCUT2D eigenvalue weighted by atomic mass is 10.1. The Morgan fingerprint density at radius 1 is 1.25 bits per heavy atom. The lowest BCUT2D eigenvalue weighted by Gasteiger charge is -2.24. The number of rotatable bonds is 5. The van der Waals surface area contributed by atoms with Crippen molar-refractivity contribution in [2.75, 3.05) is 29.6 Å². The number of anilines is 1. The van der Waals surface area contributed by atoms with Crippen molar-refractivity contribution >= 4 is 29.3 Å². The summed E-state index contributed by atoms with van der Waals surface area (Å²) in [5, 5.41) is 3.04. The lowest BCUT2D eigenvalue weighted by Crippen LogP contribution is -2.46. The van der Waals surface area contributed by atoms with Crippen LogP contribution in [0.4, 0.5) is 5.69 Å². The van der Waals surface area contributed by atoms with E-state index in [1.54, 1.807) is 16.7 Å². The van der Waals surface area contributed by atoms with E-state index < -0.39 is 0 Å². The van der Waals surface area contributed by atoms with Gasteiger partial charge in [0.05, 0.1) is 5.88 Å². The second-order valence-electron chi connectivity index (χ2n) is 6.27. The number of carbonyl (C=O) groups excluding carboxylic acids is 2. The van der Waals surface area contributed by atoms with Crippen LogP contribution >= 0.6 is 11.8 Å². The normalized spacial score (nSPS) is 20.5. The van der Waals surface area contributed by atoms with Crippen LogP contribution in [-0.2, 0) is 16.1 Å². The fraction of sp³-hybridized carbons (Fsp3) is 0.556. The standard InChI is InChI=1S/C18H25N3O2S/c1-2-17(22)21-13-24-12-16(21)18(23)19-11-14-7-3-4-8-15(14)20-9-5-6-10-20/h3-4,7-8,16H,2,5-6,9-13H2,1H3,(H,19,23). The Kier molecular flexibility index (Phi) is 5.66. The van der Waals surface area contributed by atoms with E-state index in [9.17, 15) is 9.59 Å². The van der Waals surface area contributed by atoms with Gasteiger partial charge in [0.1, 0.15) is 6.04 Å². The molecule has 0 saturated carbocycles. The highest BCUT2D eigenvalue weighted by Crippen LogP contribution is 2.25. The van der Waals surface area contributed by atoms with E-state index in [1.165, 1.54) is 18.5 Å². The Morgan fingerprint density at radius 2 is 2.00 bits per heavy atom. The van der Waals surface area contributed by atoms with Crippen LogP contribution in [0, 0.1) is 0 Å². The highest BCUT2D eigenvalue weighted by molar-refractivity contribution is 7.99. The fourth-order valence-electron chi connectivity index (χ4n) is 3.34. The molecule has 2 heterocycles. The van der Waals surface area contributed by atoms with E-state index in [2.05, 4.69) is 22.3 Å². The van der Waals surface area contributed by atoms with Gasteiger partial charge in [0.2, 0.25) is 11.8 Å². The van der Waals surface area contributed by atoms with Gasteiger partial charge in [0, 0.05) is 37.5 Å². The molecule has 2 saturated heterocycles. The van der Waals surface area contributed by atoms with Crippen molar-refractivity contribution in [3.63, 3.8) is 0 Å². The lowest BCUT2D eigenvalue weighted by molar-refractivity contribution is -0.137. The third kappa shape index (κ3) is 3.69. The second kappa shape index (κ2) is 7.92. The minimum absolute atomic E-state index is 0.0435. The molecule has 1 aromatic rings. The quantitative estimate of drug-likeness (QED) is 0.887. The van der Waals surface area contributed by atoms with Gasteiger partial charge in [0.15, 0.2) is 0 Å². The average Bonchev–Trinajstić information content (AvgIpc) is 3.30. The number of hydrogen-bond donors (Lipinski definition) is 1. The molecule has 0 spiro atoms. The van der Waals surface area contributed by atoms with E-state index in [-0.39, 0.29) is 17.9 Å². The van der Waals surface area contributed by atoms with Crippen molar-refractivity contribution in [2.24, 2.45) is 0 Å². The van der Waals surface area contributed by atoms with Crippen LogP contribution in [0.1, 0.15) is 31.7 Å². The van der Waals surface area contributed by atoms with Gasteiger partial charge < -0.3 is 15.1 Å². The van der Waals surface area contributed by atoms with E-state index >= 15 is 0 Å². The zero-order chi connectivity index (χ0) is 16.9. The van der Waals surface area contributed by atoms with Crippen LogP contribution in [0.3, 0.4) is 0 Å². The molecule has 24 heavy (non-hydrogen) atoms. The molecule has 1 aromatic carbocycles. The summed E-state index contributed by atoms with van der Waals surface area (Å²) < 4.78 is 0. The number of thioether (sulfide) groups is 1. The highest BCUT2D eigenvalue weighted by atomic mass is 32.2. The Labute approximate surface area is 147 Å². The van der Waals surface area contributed by atoms with E-state index in [4.69, 9.17) is 0 Å². The SMILES string of the molecule is CCC(=O)N1CSCC1C(=O)NCc1ccccc1N1CCCC1. The zero-order valence-electron chi connectivity index (χ0n) is 14.2. The van der Waals surface area contributed by atoms with Gasteiger partial charge in [-0.05, 0) is 24.5 Å². The van der Waals surface area contributed by atoms with Crippen molar-refractivity contribution in [1.82, 2.24) is 10.2 Å². The van der Waals surface area contributed by atoms with E-state index in [0.717, 1.165) is 18.7 Å². The Balaban J connectivity index is 1.63. The average molecular weight is 347 g/mol. The first-order valence-electron chi connectivity index (χ1n) is 8.68. The summed E-state index contributed by atoms with van der Waals surface area (Å²) in [5.74, 6) is 1.32. The molecule has 2 aliphatic heterocycles. The summed E-state index contributed by atoms with van der Waals surface area (Å²) in [7, 11) is 0. The molecule has 1 unspecified atom stereocenters. The van der Waals surface area contributed by atoms with E-state index in [0.29, 0.717) is 24.6 Å². The minimum Gasteiger partial charge on any atom is -0.371 e. The van der Waals surface area contributed by atoms with E-state index in [1.807, 2.05) is 19.1 Å². The molecular formula is C18H25N3O2S. The van der Waals surface area contributed by atoms with Gasteiger partial charge in [-0.25, -0.2) is 0 Å². The second-order valence-corrected chi connectivity index (χ2v) is 7.27. The minimum atomic E-state index is -0.332. The maximum atomic E-state index is 12.6. The van der Waals surface area contributed by atoms with Crippen LogP contribution in [-0.4, -0.2) is 47.5 Å². The molecule has 0 bridgehead atoms. The van der Waals surface area contributed by atoms with Crippen LogP contribution in [0.15, 0.2) is 24.3 Å². The van der Waals surface area contributed by atoms with Gasteiger partial charge in [0.25, 0.3) is 0 Å². The van der Waals surface area contributed by atoms with Gasteiger partial charge in [-0.1, -0.05) is 25.1 Å². The Bertz CT molecular complexity index is 602. The van der Waals surface area contributed by atoms with Crippen LogP contribution in [0.25, 0.3) is 0 Å². The van der Waals surface area contributed by atoms with Gasteiger partial charge >= 0.3 is 0 Å². The molecule has 2 fully saturated rings. The summed E-state index contributed by atoms with van der Waals surface area (Å²) in [5.41, 5.74) is 2.37. The first-order valence-corrected chi connectivity index (χ1v) is 9.84. The third-order valence-corrected chi connectivity index (χ3v) is 5.71. The topological polar surface area (TPSA) is 52.7 Å². The first-order chi connectivity index (χ1) is 11.7. The molecule has 5 nitrogen and oxygen atoms in total. The number of carbonyl (C=O) groups is 2. The molecule has 6 heteroatoms. The summed E-state index contributed by atoms with van der Waals surface area (Å²) in [4.78, 5) is 28.6. The zero-order valence-corrected chi connectivity index (χ0v) is 15.0. The maximum Gasteiger partial charge on any atom is 0.243 e. The van der Waals surface area contributed by atoms with Crippen molar-refractivity contribution < 1.29 is 9.59 Å². The number of para-hydroxylation sites is 1. The number of amides is 2. The third-order valence-electron chi connectivity index (χ3n) is 4.70. The molecule has 1 N–H and O–H groups in total. The molecule has 3 rings (SSSR count). The van der Waals surface area contributed by atoms with Crippen LogP contribution in [0.5, 0.6) is 0 Å². The molecule has 0 aromatic heterocycles. The Morgan fingerprint density at radius 3 is 2.75 bits per heavy atom. The summed E-state index contributed by atoms with van der Waals surface area (Å²) >= 11 is 1.64. The van der Waals surface area contributed by atoms with Gasteiger partial charge in [-0.2, -0.15) is 0 Å².